The number of carbonyl (C=O) groups excluding carboxylic acids is 1. The Morgan fingerprint density at radius 3 is 1.95 bits per heavy atom. The van der Waals surface area contributed by atoms with E-state index in [4.69, 9.17) is 0 Å². The van der Waals surface area contributed by atoms with Gasteiger partial charge in [0.1, 0.15) is 5.69 Å². The smallest absolute Gasteiger partial charge is 0.293 e. The number of nitro groups is 2. The van der Waals surface area contributed by atoms with Gasteiger partial charge >= 0.3 is 0 Å². The number of benzene rings is 1. The maximum atomic E-state index is 11.1. The van der Waals surface area contributed by atoms with Gasteiger partial charge in [0.05, 0.1) is 9.85 Å². The summed E-state index contributed by atoms with van der Waals surface area (Å²) in [5.41, 5.74) is -1.20. The summed E-state index contributed by atoms with van der Waals surface area (Å²) in [7, 11) is 0. The zero-order valence-electron chi connectivity index (χ0n) is 11.6. The van der Waals surface area contributed by atoms with E-state index in [1.54, 1.807) is 20.8 Å². The Morgan fingerprint density at radius 1 is 1.10 bits per heavy atom. The minimum atomic E-state index is -0.676. The largest absolute Gasteiger partial charge is 0.320 e. The number of nitrogens with zero attached hydrogens (tertiary/aromatic N) is 2. The topological polar surface area (TPSA) is 115 Å². The SMILES string of the molecule is CC(=O)Nc1cc([N+](=O)[O-])c(C(C)(C)C)cc1[N+](=O)[O-]. The van der Waals surface area contributed by atoms with E-state index in [-0.39, 0.29) is 22.6 Å². The van der Waals surface area contributed by atoms with Crippen molar-refractivity contribution in [2.24, 2.45) is 0 Å². The van der Waals surface area contributed by atoms with Crippen molar-refractivity contribution in [3.05, 3.63) is 37.9 Å². The van der Waals surface area contributed by atoms with Crippen LogP contribution >= 0.6 is 0 Å². The Labute approximate surface area is 115 Å². The van der Waals surface area contributed by atoms with E-state index in [0.717, 1.165) is 12.1 Å². The van der Waals surface area contributed by atoms with E-state index >= 15 is 0 Å². The standard InChI is InChI=1S/C12H15N3O5/c1-7(16)13-9-6-10(14(17)18)8(12(2,3)4)5-11(9)15(19)20/h5-6H,1-4H3,(H,13,16). The second-order valence-corrected chi connectivity index (χ2v) is 5.33. The van der Waals surface area contributed by atoms with Gasteiger partial charge in [0, 0.05) is 24.6 Å². The van der Waals surface area contributed by atoms with Gasteiger partial charge in [-0.1, -0.05) is 20.8 Å². The number of rotatable bonds is 3. The molecule has 0 radical (unpaired) electrons. The highest BCUT2D eigenvalue weighted by atomic mass is 16.6. The summed E-state index contributed by atoms with van der Waals surface area (Å²) in [5.74, 6) is -0.536. The summed E-state index contributed by atoms with van der Waals surface area (Å²) in [6, 6.07) is 2.17. The monoisotopic (exact) mass is 281 g/mol. The average molecular weight is 281 g/mol. The molecule has 1 rings (SSSR count). The van der Waals surface area contributed by atoms with Gasteiger partial charge in [0.2, 0.25) is 5.91 Å². The maximum absolute atomic E-state index is 11.1. The molecule has 20 heavy (non-hydrogen) atoms. The third-order valence-corrected chi connectivity index (χ3v) is 2.63. The second-order valence-electron chi connectivity index (χ2n) is 5.33. The van der Waals surface area contributed by atoms with Crippen LogP contribution in [0.5, 0.6) is 0 Å². The summed E-state index contributed by atoms with van der Waals surface area (Å²) in [4.78, 5) is 31.9. The van der Waals surface area contributed by atoms with Gasteiger partial charge in [-0.05, 0) is 5.41 Å². The summed E-state index contributed by atoms with van der Waals surface area (Å²) < 4.78 is 0. The zero-order valence-corrected chi connectivity index (χ0v) is 11.6. The number of anilines is 1. The third-order valence-electron chi connectivity index (χ3n) is 2.63. The van der Waals surface area contributed by atoms with Crippen LogP contribution in [0.3, 0.4) is 0 Å². The van der Waals surface area contributed by atoms with Gasteiger partial charge in [0.25, 0.3) is 11.4 Å². The van der Waals surface area contributed by atoms with Crippen LogP contribution in [-0.2, 0) is 10.2 Å². The molecule has 0 saturated heterocycles. The van der Waals surface area contributed by atoms with Crippen molar-refractivity contribution < 1.29 is 14.6 Å². The molecular formula is C12H15N3O5. The molecular weight excluding hydrogens is 266 g/mol. The minimum absolute atomic E-state index is 0.179. The van der Waals surface area contributed by atoms with Crippen molar-refractivity contribution >= 4 is 23.0 Å². The first-order valence-corrected chi connectivity index (χ1v) is 5.79. The number of nitro benzene ring substituents is 2. The molecule has 0 aromatic heterocycles. The summed E-state index contributed by atoms with van der Waals surface area (Å²) in [5, 5.41) is 24.4. The van der Waals surface area contributed by atoms with Gasteiger partial charge < -0.3 is 5.32 Å². The zero-order chi connectivity index (χ0) is 15.7. The highest BCUT2D eigenvalue weighted by Gasteiger charge is 2.30. The minimum Gasteiger partial charge on any atom is -0.320 e. The van der Waals surface area contributed by atoms with Gasteiger partial charge in [-0.15, -0.1) is 0 Å². The Bertz CT molecular complexity index is 589. The van der Waals surface area contributed by atoms with Crippen LogP contribution in [0.15, 0.2) is 12.1 Å². The molecule has 0 fully saturated rings. The Morgan fingerprint density at radius 2 is 1.60 bits per heavy atom. The summed E-state index contributed by atoms with van der Waals surface area (Å²) in [6.45, 7) is 6.33. The molecule has 8 nitrogen and oxygen atoms in total. The van der Waals surface area contributed by atoms with Crippen molar-refractivity contribution in [1.29, 1.82) is 0 Å². The Hall–Kier alpha value is -2.51. The molecule has 108 valence electrons. The van der Waals surface area contributed by atoms with E-state index < -0.39 is 21.2 Å². The maximum Gasteiger partial charge on any atom is 0.293 e. The van der Waals surface area contributed by atoms with Crippen LogP contribution in [0.4, 0.5) is 17.1 Å². The molecule has 0 spiro atoms. The first-order valence-electron chi connectivity index (χ1n) is 5.79. The molecule has 0 aliphatic heterocycles. The van der Waals surface area contributed by atoms with Crippen molar-refractivity contribution in [1.82, 2.24) is 0 Å². The third kappa shape index (κ3) is 3.28. The molecule has 1 amide bonds. The Kier molecular flexibility index (Phi) is 4.07. The molecule has 0 heterocycles. The molecule has 1 aromatic carbocycles. The van der Waals surface area contributed by atoms with E-state index in [9.17, 15) is 25.0 Å². The van der Waals surface area contributed by atoms with Crippen LogP contribution < -0.4 is 5.32 Å². The van der Waals surface area contributed by atoms with Crippen LogP contribution in [0.2, 0.25) is 0 Å². The van der Waals surface area contributed by atoms with Gasteiger partial charge in [-0.2, -0.15) is 0 Å². The fourth-order valence-electron chi connectivity index (χ4n) is 1.77. The normalized spacial score (nSPS) is 11.0. The lowest BCUT2D eigenvalue weighted by molar-refractivity contribution is -0.389. The molecule has 1 N–H and O–H groups in total. The number of hydrogen-bond acceptors (Lipinski definition) is 5. The molecule has 0 bridgehead atoms. The number of hydrogen-bond donors (Lipinski definition) is 1. The van der Waals surface area contributed by atoms with E-state index in [0.29, 0.717) is 0 Å². The molecule has 0 aliphatic rings. The molecule has 8 heteroatoms. The fourth-order valence-corrected chi connectivity index (χ4v) is 1.77. The lowest BCUT2D eigenvalue weighted by atomic mass is 9.85. The van der Waals surface area contributed by atoms with Crippen LogP contribution in [-0.4, -0.2) is 15.8 Å². The highest BCUT2D eigenvalue weighted by molar-refractivity contribution is 5.92. The lowest BCUT2D eigenvalue weighted by Gasteiger charge is -2.19. The van der Waals surface area contributed by atoms with Crippen molar-refractivity contribution in [3.8, 4) is 0 Å². The molecule has 0 saturated carbocycles. The van der Waals surface area contributed by atoms with Crippen molar-refractivity contribution in [3.63, 3.8) is 0 Å². The second kappa shape index (κ2) is 5.24. The Balaban J connectivity index is 3.64. The quantitative estimate of drug-likeness (QED) is 0.675. The summed E-state index contributed by atoms with van der Waals surface area (Å²) in [6.07, 6.45) is 0. The predicted octanol–water partition coefficient (Wildman–Crippen LogP) is 2.76. The molecule has 0 atom stereocenters. The predicted molar refractivity (Wildman–Crippen MR) is 72.8 cm³/mol. The summed E-state index contributed by atoms with van der Waals surface area (Å²) >= 11 is 0. The lowest BCUT2D eigenvalue weighted by Crippen LogP contribution is -2.16. The van der Waals surface area contributed by atoms with Crippen LogP contribution in [0.1, 0.15) is 33.3 Å². The number of carbonyl (C=O) groups is 1. The number of amides is 1. The van der Waals surface area contributed by atoms with Gasteiger partial charge in [-0.25, -0.2) is 0 Å². The van der Waals surface area contributed by atoms with Crippen molar-refractivity contribution in [2.45, 2.75) is 33.1 Å². The van der Waals surface area contributed by atoms with E-state index in [1.807, 2.05) is 0 Å². The van der Waals surface area contributed by atoms with Gasteiger partial charge in [-0.3, -0.25) is 25.0 Å². The van der Waals surface area contributed by atoms with Crippen LogP contribution in [0.25, 0.3) is 0 Å². The van der Waals surface area contributed by atoms with Crippen LogP contribution in [0, 0.1) is 20.2 Å². The van der Waals surface area contributed by atoms with E-state index in [2.05, 4.69) is 5.32 Å². The first-order chi connectivity index (χ1) is 9.04. The molecule has 1 aromatic rings. The molecule has 0 unspecified atom stereocenters. The van der Waals surface area contributed by atoms with Gasteiger partial charge in [0.15, 0.2) is 0 Å². The van der Waals surface area contributed by atoms with Crippen molar-refractivity contribution in [2.75, 3.05) is 5.32 Å². The average Bonchev–Trinajstić information content (AvgIpc) is 2.25. The highest BCUT2D eigenvalue weighted by Crippen LogP contribution is 2.38. The molecule has 0 aliphatic carbocycles. The number of nitrogens with one attached hydrogen (secondary N) is 1. The fraction of sp³-hybridized carbons (Fsp3) is 0.417. The first kappa shape index (κ1) is 15.5. The van der Waals surface area contributed by atoms with E-state index in [1.165, 1.54) is 6.92 Å².